The minimum absolute atomic E-state index is 0.0154. The molecule has 1 aromatic rings. The first-order valence-electron chi connectivity index (χ1n) is 6.57. The number of nitrogens with one attached hydrogen (secondary N) is 2. The third-order valence-corrected chi connectivity index (χ3v) is 2.62. The summed E-state index contributed by atoms with van der Waals surface area (Å²) in [5, 5.41) is 6.28. The van der Waals surface area contributed by atoms with Gasteiger partial charge in [-0.1, -0.05) is 6.92 Å². The van der Waals surface area contributed by atoms with Crippen molar-refractivity contribution in [3.05, 3.63) is 11.9 Å². The van der Waals surface area contributed by atoms with Crippen molar-refractivity contribution in [3.8, 4) is 0 Å². The highest BCUT2D eigenvalue weighted by Crippen LogP contribution is 2.13. The van der Waals surface area contributed by atoms with Crippen LogP contribution in [0.3, 0.4) is 0 Å². The summed E-state index contributed by atoms with van der Waals surface area (Å²) in [6.07, 6.45) is 0.754. The van der Waals surface area contributed by atoms with Gasteiger partial charge in [0, 0.05) is 33.1 Å². The van der Waals surface area contributed by atoms with Crippen LogP contribution in [-0.2, 0) is 11.2 Å². The van der Waals surface area contributed by atoms with E-state index in [0.717, 1.165) is 24.6 Å². The number of likely N-dealkylation sites (N-methyl/N-ethyl adjacent to an activating group) is 1. The number of aromatic nitrogens is 2. The number of carbonyl (C=O) groups excluding carboxylic acids is 1. The first-order chi connectivity index (χ1) is 8.97. The molecule has 1 rings (SSSR count). The lowest BCUT2D eigenvalue weighted by molar-refractivity contribution is -0.129. The average Bonchev–Trinajstić information content (AvgIpc) is 2.37. The number of aryl methyl sites for hydroxylation is 1. The molecule has 1 atom stereocenters. The second-order valence-corrected chi connectivity index (χ2v) is 4.54. The Balaban J connectivity index is 2.87. The number of hydrogen-bond donors (Lipinski definition) is 2. The van der Waals surface area contributed by atoms with Crippen LogP contribution in [0, 0.1) is 0 Å². The predicted octanol–water partition coefficient (Wildman–Crippen LogP) is 1.36. The molecule has 0 bridgehead atoms. The van der Waals surface area contributed by atoms with E-state index in [1.807, 2.05) is 26.8 Å². The molecule has 1 unspecified atom stereocenters. The highest BCUT2D eigenvalue weighted by molar-refractivity contribution is 5.83. The molecule has 106 valence electrons. The fourth-order valence-corrected chi connectivity index (χ4v) is 1.67. The van der Waals surface area contributed by atoms with Crippen molar-refractivity contribution in [2.24, 2.45) is 0 Å². The highest BCUT2D eigenvalue weighted by atomic mass is 16.2. The molecular formula is C13H23N5O. The third-order valence-electron chi connectivity index (χ3n) is 2.62. The number of rotatable bonds is 6. The zero-order valence-corrected chi connectivity index (χ0v) is 12.3. The molecule has 0 aliphatic carbocycles. The predicted molar refractivity (Wildman–Crippen MR) is 77.4 cm³/mol. The standard InChI is InChI=1S/C13H23N5O/c1-6-10-16-11(14-7-2)8-12(17-10)15-9(3)13(19)18(4)5/h8-9H,6-7H2,1-5H3,(H2,14,15,16,17). The van der Waals surface area contributed by atoms with Gasteiger partial charge in [0.25, 0.3) is 0 Å². The van der Waals surface area contributed by atoms with Gasteiger partial charge in [-0.25, -0.2) is 9.97 Å². The van der Waals surface area contributed by atoms with E-state index in [1.165, 1.54) is 0 Å². The van der Waals surface area contributed by atoms with Crippen molar-refractivity contribution in [2.75, 3.05) is 31.3 Å². The number of nitrogens with zero attached hydrogens (tertiary/aromatic N) is 3. The van der Waals surface area contributed by atoms with E-state index in [2.05, 4.69) is 20.6 Å². The highest BCUT2D eigenvalue weighted by Gasteiger charge is 2.15. The van der Waals surface area contributed by atoms with Crippen molar-refractivity contribution >= 4 is 17.5 Å². The normalized spacial score (nSPS) is 11.8. The van der Waals surface area contributed by atoms with E-state index < -0.39 is 0 Å². The summed E-state index contributed by atoms with van der Waals surface area (Å²) in [5.41, 5.74) is 0. The van der Waals surface area contributed by atoms with E-state index in [-0.39, 0.29) is 11.9 Å². The number of amides is 1. The Labute approximate surface area is 114 Å². The van der Waals surface area contributed by atoms with Gasteiger partial charge in [-0.15, -0.1) is 0 Å². The number of carbonyl (C=O) groups is 1. The van der Waals surface area contributed by atoms with E-state index in [9.17, 15) is 4.79 Å². The first-order valence-corrected chi connectivity index (χ1v) is 6.57. The maximum absolute atomic E-state index is 11.8. The molecule has 19 heavy (non-hydrogen) atoms. The Morgan fingerprint density at radius 1 is 1.32 bits per heavy atom. The third kappa shape index (κ3) is 4.39. The lowest BCUT2D eigenvalue weighted by Gasteiger charge is -2.19. The molecule has 0 aliphatic heterocycles. The lowest BCUT2D eigenvalue weighted by atomic mass is 10.3. The molecule has 1 heterocycles. The molecule has 0 spiro atoms. The van der Waals surface area contributed by atoms with Gasteiger partial charge in [-0.3, -0.25) is 4.79 Å². The maximum Gasteiger partial charge on any atom is 0.244 e. The zero-order valence-electron chi connectivity index (χ0n) is 12.3. The monoisotopic (exact) mass is 265 g/mol. The number of anilines is 2. The van der Waals surface area contributed by atoms with Crippen LogP contribution < -0.4 is 10.6 Å². The molecular weight excluding hydrogens is 242 g/mol. The first kappa shape index (κ1) is 15.2. The molecule has 2 N–H and O–H groups in total. The average molecular weight is 265 g/mol. The summed E-state index contributed by atoms with van der Waals surface area (Å²) in [6.45, 7) is 6.64. The van der Waals surface area contributed by atoms with Crippen molar-refractivity contribution < 1.29 is 4.79 Å². The van der Waals surface area contributed by atoms with Crippen LogP contribution in [-0.4, -0.2) is 47.5 Å². The molecule has 0 fully saturated rings. The summed E-state index contributed by atoms with van der Waals surface area (Å²) >= 11 is 0. The van der Waals surface area contributed by atoms with Crippen LogP contribution in [0.5, 0.6) is 0 Å². The van der Waals surface area contributed by atoms with Crippen LogP contribution in [0.2, 0.25) is 0 Å². The van der Waals surface area contributed by atoms with E-state index >= 15 is 0 Å². The Kier molecular flexibility index (Phi) is 5.54. The van der Waals surface area contributed by atoms with Crippen LogP contribution in [0.4, 0.5) is 11.6 Å². The van der Waals surface area contributed by atoms with Gasteiger partial charge in [0.1, 0.15) is 23.5 Å². The molecule has 0 saturated carbocycles. The Hall–Kier alpha value is -1.85. The number of hydrogen-bond acceptors (Lipinski definition) is 5. The fourth-order valence-electron chi connectivity index (χ4n) is 1.67. The van der Waals surface area contributed by atoms with Crippen LogP contribution in [0.1, 0.15) is 26.6 Å². The van der Waals surface area contributed by atoms with Gasteiger partial charge in [-0.2, -0.15) is 0 Å². The van der Waals surface area contributed by atoms with Crippen LogP contribution >= 0.6 is 0 Å². The van der Waals surface area contributed by atoms with Gasteiger partial charge in [0.2, 0.25) is 5.91 Å². The van der Waals surface area contributed by atoms with E-state index in [0.29, 0.717) is 5.82 Å². The minimum atomic E-state index is -0.316. The zero-order chi connectivity index (χ0) is 14.4. The lowest BCUT2D eigenvalue weighted by Crippen LogP contribution is -2.36. The van der Waals surface area contributed by atoms with Gasteiger partial charge in [0.05, 0.1) is 0 Å². The second kappa shape index (κ2) is 6.92. The molecule has 0 aliphatic rings. The van der Waals surface area contributed by atoms with Gasteiger partial charge in [0.15, 0.2) is 0 Å². The minimum Gasteiger partial charge on any atom is -0.370 e. The quantitative estimate of drug-likeness (QED) is 0.812. The molecule has 6 nitrogen and oxygen atoms in total. The SMILES string of the molecule is CCNc1cc(NC(C)C(=O)N(C)C)nc(CC)n1. The Bertz CT molecular complexity index is 433. The van der Waals surface area contributed by atoms with Crippen molar-refractivity contribution in [1.29, 1.82) is 0 Å². The second-order valence-electron chi connectivity index (χ2n) is 4.54. The summed E-state index contributed by atoms with van der Waals surface area (Å²) in [4.78, 5) is 22.1. The molecule has 1 aromatic heterocycles. The van der Waals surface area contributed by atoms with Crippen LogP contribution in [0.15, 0.2) is 6.07 Å². The fraction of sp³-hybridized carbons (Fsp3) is 0.615. The molecule has 1 amide bonds. The summed E-state index contributed by atoms with van der Waals surface area (Å²) in [6, 6.07) is 1.51. The van der Waals surface area contributed by atoms with Gasteiger partial charge in [-0.05, 0) is 13.8 Å². The molecule has 0 saturated heterocycles. The molecule has 0 radical (unpaired) electrons. The smallest absolute Gasteiger partial charge is 0.244 e. The summed E-state index contributed by atoms with van der Waals surface area (Å²) in [5.74, 6) is 2.22. The largest absolute Gasteiger partial charge is 0.370 e. The topological polar surface area (TPSA) is 70.2 Å². The van der Waals surface area contributed by atoms with Gasteiger partial charge >= 0.3 is 0 Å². The van der Waals surface area contributed by atoms with Crippen molar-refractivity contribution in [2.45, 2.75) is 33.2 Å². The van der Waals surface area contributed by atoms with Crippen LogP contribution in [0.25, 0.3) is 0 Å². The van der Waals surface area contributed by atoms with Crippen molar-refractivity contribution in [1.82, 2.24) is 14.9 Å². The van der Waals surface area contributed by atoms with E-state index in [4.69, 9.17) is 0 Å². The Morgan fingerprint density at radius 2 is 1.95 bits per heavy atom. The summed E-state index contributed by atoms with van der Waals surface area (Å²) < 4.78 is 0. The molecule has 6 heteroatoms. The Morgan fingerprint density at radius 3 is 2.47 bits per heavy atom. The van der Waals surface area contributed by atoms with Crippen molar-refractivity contribution in [3.63, 3.8) is 0 Å². The van der Waals surface area contributed by atoms with Gasteiger partial charge < -0.3 is 15.5 Å². The maximum atomic E-state index is 11.8. The van der Waals surface area contributed by atoms with E-state index in [1.54, 1.807) is 19.0 Å². The summed E-state index contributed by atoms with van der Waals surface area (Å²) in [7, 11) is 3.48. The molecule has 0 aromatic carbocycles.